The maximum atomic E-state index is 12.3. The number of nitrogens with zero attached hydrogens (tertiary/aromatic N) is 2. The summed E-state index contributed by atoms with van der Waals surface area (Å²) in [4.78, 5) is 16.6. The number of amides is 1. The smallest absolute Gasteiger partial charge is 0.228 e. The van der Waals surface area contributed by atoms with Gasteiger partial charge in [0, 0.05) is 0 Å². The number of benzene rings is 2. The van der Waals surface area contributed by atoms with Crippen molar-refractivity contribution >= 4 is 23.1 Å². The van der Waals surface area contributed by atoms with Gasteiger partial charge in [-0.3, -0.25) is 4.79 Å². The molecular formula is C22H20N4O3. The molecule has 1 heterocycles. The summed E-state index contributed by atoms with van der Waals surface area (Å²) in [6.45, 7) is 0. The number of nitrogens with one attached hydrogen (secondary N) is 2. The Morgan fingerprint density at radius 1 is 1.07 bits per heavy atom. The van der Waals surface area contributed by atoms with Gasteiger partial charge in [0.2, 0.25) is 5.91 Å². The summed E-state index contributed by atoms with van der Waals surface area (Å²) in [6, 6.07) is 18.1. The average Bonchev–Trinajstić information content (AvgIpc) is 2.75. The largest absolute Gasteiger partial charge is 0.493 e. The van der Waals surface area contributed by atoms with Crippen molar-refractivity contribution in [1.82, 2.24) is 4.98 Å². The van der Waals surface area contributed by atoms with E-state index in [9.17, 15) is 4.79 Å². The molecule has 0 saturated heterocycles. The minimum atomic E-state index is -0.172. The van der Waals surface area contributed by atoms with E-state index in [-0.39, 0.29) is 12.3 Å². The lowest BCUT2D eigenvalue weighted by molar-refractivity contribution is -0.115. The van der Waals surface area contributed by atoms with E-state index in [1.807, 2.05) is 12.1 Å². The van der Waals surface area contributed by atoms with Gasteiger partial charge in [-0.05, 0) is 42.0 Å². The molecule has 146 valence electrons. The third-order valence-corrected chi connectivity index (χ3v) is 4.17. The molecule has 0 aliphatic rings. The van der Waals surface area contributed by atoms with Crippen LogP contribution >= 0.6 is 0 Å². The van der Waals surface area contributed by atoms with Gasteiger partial charge >= 0.3 is 0 Å². The van der Waals surface area contributed by atoms with Gasteiger partial charge < -0.3 is 20.1 Å². The van der Waals surface area contributed by atoms with Crippen molar-refractivity contribution in [3.05, 3.63) is 71.9 Å². The Bertz CT molecular complexity index is 1040. The number of ether oxygens (including phenoxy) is 2. The van der Waals surface area contributed by atoms with Crippen LogP contribution in [0.15, 0.2) is 60.8 Å². The number of aromatic nitrogens is 1. The van der Waals surface area contributed by atoms with Crippen molar-refractivity contribution in [2.24, 2.45) is 0 Å². The van der Waals surface area contributed by atoms with Crippen molar-refractivity contribution in [2.75, 3.05) is 24.9 Å². The molecule has 0 aliphatic heterocycles. The predicted octanol–water partition coefficient (Wildman–Crippen LogP) is 3.90. The Balaban J connectivity index is 1.62. The van der Waals surface area contributed by atoms with Gasteiger partial charge in [0.25, 0.3) is 0 Å². The first-order valence-corrected chi connectivity index (χ1v) is 8.86. The second-order valence-corrected chi connectivity index (χ2v) is 6.13. The van der Waals surface area contributed by atoms with Crippen LogP contribution in [0, 0.1) is 11.3 Å². The maximum Gasteiger partial charge on any atom is 0.228 e. The van der Waals surface area contributed by atoms with Crippen LogP contribution in [0.1, 0.15) is 11.1 Å². The number of rotatable bonds is 7. The molecule has 3 aromatic rings. The van der Waals surface area contributed by atoms with E-state index < -0.39 is 0 Å². The second kappa shape index (κ2) is 9.24. The third-order valence-electron chi connectivity index (χ3n) is 4.17. The zero-order valence-electron chi connectivity index (χ0n) is 16.1. The van der Waals surface area contributed by atoms with Gasteiger partial charge in [0.15, 0.2) is 11.5 Å². The normalized spacial score (nSPS) is 9.97. The molecule has 7 nitrogen and oxygen atoms in total. The molecule has 2 aromatic carbocycles. The van der Waals surface area contributed by atoms with Gasteiger partial charge in [0.1, 0.15) is 11.9 Å². The summed E-state index contributed by atoms with van der Waals surface area (Å²) in [5, 5.41) is 15.1. The van der Waals surface area contributed by atoms with E-state index in [4.69, 9.17) is 14.7 Å². The fraction of sp³-hybridized carbons (Fsp3) is 0.136. The van der Waals surface area contributed by atoms with Crippen molar-refractivity contribution in [2.45, 2.75) is 6.42 Å². The average molecular weight is 388 g/mol. The van der Waals surface area contributed by atoms with Crippen LogP contribution in [0.5, 0.6) is 11.5 Å². The van der Waals surface area contributed by atoms with Crippen LogP contribution < -0.4 is 20.1 Å². The van der Waals surface area contributed by atoms with Crippen LogP contribution in [0.4, 0.5) is 17.2 Å². The summed E-state index contributed by atoms with van der Waals surface area (Å²) >= 11 is 0. The molecule has 2 N–H and O–H groups in total. The monoisotopic (exact) mass is 388 g/mol. The van der Waals surface area contributed by atoms with Gasteiger partial charge in [-0.25, -0.2) is 4.98 Å². The first-order chi connectivity index (χ1) is 14.1. The molecule has 0 aliphatic carbocycles. The number of anilines is 3. The minimum Gasteiger partial charge on any atom is -0.493 e. The Labute approximate surface area is 168 Å². The first kappa shape index (κ1) is 19.7. The second-order valence-electron chi connectivity index (χ2n) is 6.13. The zero-order valence-corrected chi connectivity index (χ0v) is 16.1. The molecule has 0 unspecified atom stereocenters. The maximum absolute atomic E-state index is 12.3. The summed E-state index contributed by atoms with van der Waals surface area (Å²) in [6.07, 6.45) is 1.75. The topological polar surface area (TPSA) is 96.3 Å². The van der Waals surface area contributed by atoms with E-state index >= 15 is 0 Å². The molecule has 0 bridgehead atoms. The van der Waals surface area contributed by atoms with E-state index in [0.29, 0.717) is 34.3 Å². The highest BCUT2D eigenvalue weighted by Crippen LogP contribution is 2.28. The summed E-state index contributed by atoms with van der Waals surface area (Å²) in [7, 11) is 3.12. The van der Waals surface area contributed by atoms with Gasteiger partial charge in [-0.1, -0.05) is 18.2 Å². The molecule has 3 rings (SSSR count). The lowest BCUT2D eigenvalue weighted by Gasteiger charge is -2.10. The highest BCUT2D eigenvalue weighted by molar-refractivity contribution is 5.92. The lowest BCUT2D eigenvalue weighted by atomic mass is 10.1. The van der Waals surface area contributed by atoms with E-state index in [2.05, 4.69) is 21.7 Å². The molecule has 0 radical (unpaired) electrons. The number of carbonyl (C=O) groups excluding carboxylic acids is 1. The molecule has 7 heteroatoms. The minimum absolute atomic E-state index is 0.172. The van der Waals surface area contributed by atoms with Crippen LogP contribution in [0.25, 0.3) is 0 Å². The number of nitriles is 1. The molecule has 1 amide bonds. The third kappa shape index (κ3) is 5.02. The Kier molecular flexibility index (Phi) is 6.28. The molecule has 0 spiro atoms. The standard InChI is InChI=1S/C22H20N4O3/c1-28-19-9-7-15(11-20(19)29-2)12-22(27)25-17-8-10-21(24-14-17)26-18-6-4-3-5-16(18)13-23/h3-11,14H,12H2,1-2H3,(H,24,26)(H,25,27). The number of para-hydroxylation sites is 1. The number of hydrogen-bond acceptors (Lipinski definition) is 6. The van der Waals surface area contributed by atoms with Crippen molar-refractivity contribution in [3.8, 4) is 17.6 Å². The SMILES string of the molecule is COc1ccc(CC(=O)Nc2ccc(Nc3ccccc3C#N)nc2)cc1OC. The highest BCUT2D eigenvalue weighted by atomic mass is 16.5. The van der Waals surface area contributed by atoms with Gasteiger partial charge in [0.05, 0.1) is 43.8 Å². The predicted molar refractivity (Wildman–Crippen MR) is 111 cm³/mol. The first-order valence-electron chi connectivity index (χ1n) is 8.86. The van der Waals surface area contributed by atoms with Crippen LogP contribution in [0.2, 0.25) is 0 Å². The van der Waals surface area contributed by atoms with Crippen molar-refractivity contribution in [3.63, 3.8) is 0 Å². The molecule has 29 heavy (non-hydrogen) atoms. The summed E-state index contributed by atoms with van der Waals surface area (Å²) in [5.74, 6) is 1.59. The molecule has 0 atom stereocenters. The fourth-order valence-corrected chi connectivity index (χ4v) is 2.75. The Morgan fingerprint density at radius 2 is 1.86 bits per heavy atom. The molecule has 0 fully saturated rings. The quantitative estimate of drug-likeness (QED) is 0.637. The number of pyridine rings is 1. The van der Waals surface area contributed by atoms with Crippen molar-refractivity contribution in [1.29, 1.82) is 5.26 Å². The summed E-state index contributed by atoms with van der Waals surface area (Å²) in [5.41, 5.74) is 2.59. The number of carbonyl (C=O) groups is 1. The molecule has 0 saturated carbocycles. The lowest BCUT2D eigenvalue weighted by Crippen LogP contribution is -2.14. The van der Waals surface area contributed by atoms with E-state index in [0.717, 1.165) is 5.56 Å². The molecular weight excluding hydrogens is 368 g/mol. The van der Waals surface area contributed by atoms with E-state index in [1.165, 1.54) is 0 Å². The summed E-state index contributed by atoms with van der Waals surface area (Å²) < 4.78 is 10.5. The van der Waals surface area contributed by atoms with E-state index in [1.54, 1.807) is 62.9 Å². The number of hydrogen-bond donors (Lipinski definition) is 2. The van der Waals surface area contributed by atoms with Crippen molar-refractivity contribution < 1.29 is 14.3 Å². The molecule has 1 aromatic heterocycles. The van der Waals surface area contributed by atoms with Crippen LogP contribution in [-0.4, -0.2) is 25.1 Å². The van der Waals surface area contributed by atoms with Crippen LogP contribution in [0.3, 0.4) is 0 Å². The Hall–Kier alpha value is -4.05. The van der Waals surface area contributed by atoms with Crippen LogP contribution in [-0.2, 0) is 11.2 Å². The highest BCUT2D eigenvalue weighted by Gasteiger charge is 2.09. The van der Waals surface area contributed by atoms with Gasteiger partial charge in [-0.2, -0.15) is 5.26 Å². The van der Waals surface area contributed by atoms with Gasteiger partial charge in [-0.15, -0.1) is 0 Å². The number of methoxy groups -OCH3 is 2. The Morgan fingerprint density at radius 3 is 2.55 bits per heavy atom. The fourth-order valence-electron chi connectivity index (χ4n) is 2.75. The zero-order chi connectivity index (χ0) is 20.6.